The van der Waals surface area contributed by atoms with Crippen molar-refractivity contribution in [2.75, 3.05) is 14.2 Å². The summed E-state index contributed by atoms with van der Waals surface area (Å²) in [5.41, 5.74) is 0.580. The third-order valence-electron chi connectivity index (χ3n) is 2.54. The van der Waals surface area contributed by atoms with Crippen molar-refractivity contribution in [2.24, 2.45) is 0 Å². The molecule has 1 heterocycles. The zero-order valence-corrected chi connectivity index (χ0v) is 10.9. The molecule has 6 heteroatoms. The minimum Gasteiger partial charge on any atom is -0.493 e. The van der Waals surface area contributed by atoms with Gasteiger partial charge in [-0.3, -0.25) is 0 Å². The summed E-state index contributed by atoms with van der Waals surface area (Å²) in [6, 6.07) is 5.86. The molecular weight excluding hydrogens is 264 g/mol. The molecule has 0 saturated heterocycles. The van der Waals surface area contributed by atoms with Crippen molar-refractivity contribution in [1.82, 2.24) is 0 Å². The number of methoxy groups -OCH3 is 2. The SMILES string of the molecule is COC(=O)c1ccc(OC(=O)c2ccoc2)c(OC)c1. The number of furan rings is 1. The third-order valence-corrected chi connectivity index (χ3v) is 2.54. The van der Waals surface area contributed by atoms with Crippen molar-refractivity contribution in [3.8, 4) is 11.5 Å². The normalized spacial score (nSPS) is 9.90. The number of hydrogen-bond acceptors (Lipinski definition) is 6. The molecule has 2 rings (SSSR count). The van der Waals surface area contributed by atoms with Gasteiger partial charge < -0.3 is 18.6 Å². The summed E-state index contributed by atoms with van der Waals surface area (Å²) in [4.78, 5) is 23.2. The fraction of sp³-hybridized carbons (Fsp3) is 0.143. The molecule has 0 amide bonds. The van der Waals surface area contributed by atoms with Crippen LogP contribution < -0.4 is 9.47 Å². The number of carbonyl (C=O) groups is 2. The van der Waals surface area contributed by atoms with Crippen LogP contribution in [-0.4, -0.2) is 26.2 Å². The van der Waals surface area contributed by atoms with Gasteiger partial charge in [-0.25, -0.2) is 9.59 Å². The zero-order chi connectivity index (χ0) is 14.5. The molecule has 104 valence electrons. The topological polar surface area (TPSA) is 75.0 Å². The first-order valence-electron chi connectivity index (χ1n) is 5.66. The molecule has 0 unspecified atom stereocenters. The second-order valence-corrected chi connectivity index (χ2v) is 3.76. The molecule has 0 aliphatic carbocycles. The summed E-state index contributed by atoms with van der Waals surface area (Å²) >= 11 is 0. The lowest BCUT2D eigenvalue weighted by Gasteiger charge is -2.09. The van der Waals surface area contributed by atoms with E-state index in [0.29, 0.717) is 5.56 Å². The van der Waals surface area contributed by atoms with Crippen LogP contribution in [0, 0.1) is 0 Å². The van der Waals surface area contributed by atoms with Crippen LogP contribution in [0.5, 0.6) is 11.5 Å². The van der Waals surface area contributed by atoms with Crippen molar-refractivity contribution in [1.29, 1.82) is 0 Å². The Morgan fingerprint density at radius 1 is 1.00 bits per heavy atom. The summed E-state index contributed by atoms with van der Waals surface area (Å²) in [5, 5.41) is 0. The molecule has 0 saturated carbocycles. The highest BCUT2D eigenvalue weighted by atomic mass is 16.6. The molecule has 0 aliphatic heterocycles. The zero-order valence-electron chi connectivity index (χ0n) is 10.9. The predicted molar refractivity (Wildman–Crippen MR) is 68.0 cm³/mol. The monoisotopic (exact) mass is 276 g/mol. The highest BCUT2D eigenvalue weighted by Gasteiger charge is 2.15. The molecule has 1 aromatic carbocycles. The van der Waals surface area contributed by atoms with E-state index in [4.69, 9.17) is 13.9 Å². The molecule has 0 fully saturated rings. The molecule has 2 aromatic rings. The van der Waals surface area contributed by atoms with Crippen LogP contribution in [0.1, 0.15) is 20.7 Å². The molecule has 6 nitrogen and oxygen atoms in total. The maximum absolute atomic E-state index is 11.8. The largest absolute Gasteiger partial charge is 0.493 e. The fourth-order valence-electron chi connectivity index (χ4n) is 1.54. The van der Waals surface area contributed by atoms with Gasteiger partial charge >= 0.3 is 11.9 Å². The summed E-state index contributed by atoms with van der Waals surface area (Å²) in [5.74, 6) is -0.630. The van der Waals surface area contributed by atoms with E-state index in [2.05, 4.69) is 4.74 Å². The number of esters is 2. The van der Waals surface area contributed by atoms with Crippen LogP contribution in [0.2, 0.25) is 0 Å². The van der Waals surface area contributed by atoms with Gasteiger partial charge in [0.2, 0.25) is 0 Å². The number of hydrogen-bond donors (Lipinski definition) is 0. The molecule has 0 spiro atoms. The molecule has 0 aliphatic rings. The second kappa shape index (κ2) is 5.92. The summed E-state index contributed by atoms with van der Waals surface area (Å²) in [7, 11) is 2.69. The van der Waals surface area contributed by atoms with Crippen molar-refractivity contribution in [2.45, 2.75) is 0 Å². The average molecular weight is 276 g/mol. The van der Waals surface area contributed by atoms with Gasteiger partial charge in [0, 0.05) is 0 Å². The highest BCUT2D eigenvalue weighted by molar-refractivity contribution is 5.92. The van der Waals surface area contributed by atoms with E-state index in [1.807, 2.05) is 0 Å². The van der Waals surface area contributed by atoms with E-state index < -0.39 is 11.9 Å². The van der Waals surface area contributed by atoms with E-state index in [0.717, 1.165) is 0 Å². The van der Waals surface area contributed by atoms with Crippen LogP contribution in [0.3, 0.4) is 0 Å². The van der Waals surface area contributed by atoms with Crippen LogP contribution in [0.15, 0.2) is 41.2 Å². The van der Waals surface area contributed by atoms with Crippen LogP contribution in [0.25, 0.3) is 0 Å². The minimum absolute atomic E-state index is 0.200. The van der Waals surface area contributed by atoms with Gasteiger partial charge in [-0.2, -0.15) is 0 Å². The van der Waals surface area contributed by atoms with Crippen molar-refractivity contribution >= 4 is 11.9 Å². The Balaban J connectivity index is 2.24. The highest BCUT2D eigenvalue weighted by Crippen LogP contribution is 2.29. The van der Waals surface area contributed by atoms with Crippen LogP contribution >= 0.6 is 0 Å². The number of ether oxygens (including phenoxy) is 3. The smallest absolute Gasteiger partial charge is 0.346 e. The van der Waals surface area contributed by atoms with E-state index in [1.54, 1.807) is 0 Å². The molecular formula is C14H12O6. The molecule has 0 atom stereocenters. The Morgan fingerprint density at radius 2 is 1.80 bits per heavy atom. The Labute approximate surface area is 114 Å². The minimum atomic E-state index is -0.581. The molecule has 20 heavy (non-hydrogen) atoms. The predicted octanol–water partition coefficient (Wildman–Crippen LogP) is 2.29. The number of benzene rings is 1. The Kier molecular flexibility index (Phi) is 4.05. The second-order valence-electron chi connectivity index (χ2n) is 3.76. The lowest BCUT2D eigenvalue weighted by atomic mass is 10.2. The van der Waals surface area contributed by atoms with E-state index in [9.17, 15) is 9.59 Å². The fourth-order valence-corrected chi connectivity index (χ4v) is 1.54. The molecule has 0 N–H and O–H groups in total. The van der Waals surface area contributed by atoms with Gasteiger partial charge in [-0.15, -0.1) is 0 Å². The Bertz CT molecular complexity index is 615. The first-order chi connectivity index (χ1) is 9.65. The molecule has 0 bridgehead atoms. The lowest BCUT2D eigenvalue weighted by Crippen LogP contribution is -2.09. The summed E-state index contributed by atoms with van der Waals surface area (Å²) in [6.07, 6.45) is 2.64. The Hall–Kier alpha value is -2.76. The molecule has 0 radical (unpaired) electrons. The van der Waals surface area contributed by atoms with Crippen LogP contribution in [0.4, 0.5) is 0 Å². The first kappa shape index (κ1) is 13.7. The Morgan fingerprint density at radius 3 is 2.40 bits per heavy atom. The van der Waals surface area contributed by atoms with Crippen molar-refractivity contribution in [3.05, 3.63) is 47.9 Å². The van der Waals surface area contributed by atoms with E-state index >= 15 is 0 Å². The van der Waals surface area contributed by atoms with Gasteiger partial charge in [0.05, 0.1) is 31.6 Å². The number of carbonyl (C=O) groups excluding carboxylic acids is 2. The maximum atomic E-state index is 11.8. The van der Waals surface area contributed by atoms with Gasteiger partial charge in [-0.05, 0) is 24.3 Å². The standard InChI is InChI=1S/C14H12O6/c1-17-12-7-9(13(15)18-2)3-4-11(12)20-14(16)10-5-6-19-8-10/h3-8H,1-2H3. The average Bonchev–Trinajstić information content (AvgIpc) is 3.01. The summed E-state index contributed by atoms with van der Waals surface area (Å²) < 4.78 is 19.7. The quantitative estimate of drug-likeness (QED) is 0.630. The van der Waals surface area contributed by atoms with E-state index in [-0.39, 0.29) is 17.1 Å². The van der Waals surface area contributed by atoms with Crippen molar-refractivity contribution in [3.63, 3.8) is 0 Å². The lowest BCUT2D eigenvalue weighted by molar-refractivity contribution is 0.0600. The molecule has 1 aromatic heterocycles. The van der Waals surface area contributed by atoms with E-state index in [1.165, 1.54) is 51.0 Å². The first-order valence-corrected chi connectivity index (χ1v) is 5.66. The number of rotatable bonds is 4. The van der Waals surface area contributed by atoms with Crippen molar-refractivity contribution < 1.29 is 28.2 Å². The summed E-state index contributed by atoms with van der Waals surface area (Å²) in [6.45, 7) is 0. The maximum Gasteiger partial charge on any atom is 0.346 e. The third kappa shape index (κ3) is 2.80. The van der Waals surface area contributed by atoms with Crippen LogP contribution in [-0.2, 0) is 4.74 Å². The van der Waals surface area contributed by atoms with Gasteiger partial charge in [0.15, 0.2) is 11.5 Å². The van der Waals surface area contributed by atoms with Gasteiger partial charge in [-0.1, -0.05) is 0 Å². The van der Waals surface area contributed by atoms with Gasteiger partial charge in [0.1, 0.15) is 6.26 Å². The van der Waals surface area contributed by atoms with Gasteiger partial charge in [0.25, 0.3) is 0 Å².